The summed E-state index contributed by atoms with van der Waals surface area (Å²) in [5, 5.41) is 2.27. The quantitative estimate of drug-likeness (QED) is 0.820. The smallest absolute Gasteiger partial charge is 0.261 e. The first kappa shape index (κ1) is 18.2. The van der Waals surface area contributed by atoms with Crippen molar-refractivity contribution in [1.82, 2.24) is 4.90 Å². The highest BCUT2D eigenvalue weighted by Gasteiger charge is 2.38. The van der Waals surface area contributed by atoms with Gasteiger partial charge in [0, 0.05) is 12.2 Å². The Morgan fingerprint density at radius 3 is 2.68 bits per heavy atom. The lowest BCUT2D eigenvalue weighted by molar-refractivity contribution is 0.0475. The van der Waals surface area contributed by atoms with Crippen LogP contribution in [0.1, 0.15) is 43.9 Å². The third-order valence-electron chi connectivity index (χ3n) is 4.84. The van der Waals surface area contributed by atoms with Crippen molar-refractivity contribution in [2.75, 3.05) is 18.5 Å². The summed E-state index contributed by atoms with van der Waals surface area (Å²) in [5.41, 5.74) is 0.0577. The van der Waals surface area contributed by atoms with Crippen LogP contribution in [0.4, 0.5) is 14.5 Å². The largest absolute Gasteiger partial charge is 0.376 e. The first-order chi connectivity index (χ1) is 13.5. The highest BCUT2D eigenvalue weighted by Crippen LogP contribution is 2.26. The van der Waals surface area contributed by atoms with Gasteiger partial charge >= 0.3 is 0 Å². The highest BCUT2D eigenvalue weighted by atomic mass is 19.2. The molecule has 1 unspecified atom stereocenters. The molecule has 2 aromatic rings. The second kappa shape index (κ2) is 7.12. The van der Waals surface area contributed by atoms with Crippen LogP contribution < -0.4 is 5.32 Å². The maximum atomic E-state index is 13.7. The van der Waals surface area contributed by atoms with Gasteiger partial charge in [0.1, 0.15) is 0 Å². The maximum absolute atomic E-state index is 13.7. The monoisotopic (exact) mass is 386 g/mol. The summed E-state index contributed by atoms with van der Waals surface area (Å²) in [7, 11) is 0. The van der Waals surface area contributed by atoms with E-state index >= 15 is 0 Å². The van der Waals surface area contributed by atoms with E-state index in [0.29, 0.717) is 6.61 Å². The molecule has 0 aromatic heterocycles. The van der Waals surface area contributed by atoms with Crippen LogP contribution in [0.5, 0.6) is 0 Å². The lowest BCUT2D eigenvalue weighted by Crippen LogP contribution is -2.36. The van der Waals surface area contributed by atoms with Gasteiger partial charge in [-0.25, -0.2) is 8.78 Å². The third-order valence-corrected chi connectivity index (χ3v) is 4.84. The Kier molecular flexibility index (Phi) is 4.64. The number of carbonyl (C=O) groups excluding carboxylic acids is 3. The van der Waals surface area contributed by atoms with Gasteiger partial charge in [0.25, 0.3) is 17.7 Å². The molecule has 2 heterocycles. The highest BCUT2D eigenvalue weighted by molar-refractivity contribution is 6.22. The zero-order chi connectivity index (χ0) is 19.8. The van der Waals surface area contributed by atoms with Gasteiger partial charge in [0.2, 0.25) is 0 Å². The summed E-state index contributed by atoms with van der Waals surface area (Å²) >= 11 is 0. The van der Waals surface area contributed by atoms with Gasteiger partial charge in [0.05, 0.1) is 29.5 Å². The van der Waals surface area contributed by atoms with E-state index in [2.05, 4.69) is 5.32 Å². The molecule has 2 aliphatic rings. The first-order valence-corrected chi connectivity index (χ1v) is 8.83. The maximum Gasteiger partial charge on any atom is 0.261 e. The molecule has 0 aliphatic carbocycles. The summed E-state index contributed by atoms with van der Waals surface area (Å²) in [4.78, 5) is 38.7. The Balaban J connectivity index is 1.55. The molecule has 144 valence electrons. The molecule has 3 amide bonds. The standard InChI is InChI=1S/C20H16F2N2O4/c21-15-4-1-5-16(17(15)22)23-18(25)11-6-7-13-14(9-11)20(27)24(19(13)26)10-12-3-2-8-28-12/h1,4-7,9,12H,2-3,8,10H2,(H,23,25). The SMILES string of the molecule is O=C(Nc1cccc(F)c1F)c1ccc2c(c1)C(=O)N(CC1CCCO1)C2=O. The number of amides is 3. The number of benzene rings is 2. The summed E-state index contributed by atoms with van der Waals surface area (Å²) in [5.74, 6) is -3.91. The van der Waals surface area contributed by atoms with Crippen molar-refractivity contribution in [2.24, 2.45) is 0 Å². The van der Waals surface area contributed by atoms with E-state index in [-0.39, 0.29) is 35.0 Å². The van der Waals surface area contributed by atoms with Crippen molar-refractivity contribution < 1.29 is 27.9 Å². The average Bonchev–Trinajstić information content (AvgIpc) is 3.28. The van der Waals surface area contributed by atoms with Gasteiger partial charge in [-0.3, -0.25) is 19.3 Å². The summed E-state index contributed by atoms with van der Waals surface area (Å²) < 4.78 is 32.5. The predicted molar refractivity (Wildman–Crippen MR) is 95.1 cm³/mol. The number of carbonyl (C=O) groups is 3. The number of ether oxygens (including phenoxy) is 1. The normalized spacial score (nSPS) is 18.5. The van der Waals surface area contributed by atoms with E-state index in [9.17, 15) is 23.2 Å². The molecule has 0 radical (unpaired) electrons. The van der Waals surface area contributed by atoms with Crippen LogP contribution in [0, 0.1) is 11.6 Å². The molecule has 0 saturated carbocycles. The van der Waals surface area contributed by atoms with Crippen LogP contribution >= 0.6 is 0 Å². The molecule has 1 atom stereocenters. The van der Waals surface area contributed by atoms with E-state index in [1.54, 1.807) is 0 Å². The van der Waals surface area contributed by atoms with Crippen LogP contribution in [-0.4, -0.2) is 41.9 Å². The fourth-order valence-electron chi connectivity index (χ4n) is 3.38. The van der Waals surface area contributed by atoms with E-state index in [4.69, 9.17) is 4.74 Å². The van der Waals surface area contributed by atoms with E-state index < -0.39 is 29.4 Å². The van der Waals surface area contributed by atoms with Gasteiger partial charge in [0.15, 0.2) is 11.6 Å². The van der Waals surface area contributed by atoms with E-state index in [0.717, 1.165) is 23.8 Å². The molecule has 2 aromatic carbocycles. The van der Waals surface area contributed by atoms with E-state index in [1.165, 1.54) is 30.3 Å². The Morgan fingerprint density at radius 2 is 1.93 bits per heavy atom. The molecular weight excluding hydrogens is 370 g/mol. The first-order valence-electron chi connectivity index (χ1n) is 8.83. The van der Waals surface area contributed by atoms with Gasteiger partial charge < -0.3 is 10.1 Å². The number of anilines is 1. The second-order valence-corrected chi connectivity index (χ2v) is 6.67. The number of halogens is 2. The molecule has 6 nitrogen and oxygen atoms in total. The molecule has 28 heavy (non-hydrogen) atoms. The Hall–Kier alpha value is -3.13. The van der Waals surface area contributed by atoms with Crippen molar-refractivity contribution in [3.8, 4) is 0 Å². The topological polar surface area (TPSA) is 75.7 Å². The molecular formula is C20H16F2N2O4. The fraction of sp³-hybridized carbons (Fsp3) is 0.250. The number of nitrogens with one attached hydrogen (secondary N) is 1. The average molecular weight is 386 g/mol. The van der Waals surface area contributed by atoms with Crippen LogP contribution in [0.3, 0.4) is 0 Å². The molecule has 1 fully saturated rings. The summed E-state index contributed by atoms with van der Waals surface area (Å²) in [6.07, 6.45) is 1.48. The minimum atomic E-state index is -1.17. The molecule has 1 saturated heterocycles. The summed E-state index contributed by atoms with van der Waals surface area (Å²) in [6, 6.07) is 7.47. The lowest BCUT2D eigenvalue weighted by atomic mass is 10.1. The molecule has 4 rings (SSSR count). The van der Waals surface area contributed by atoms with E-state index in [1.807, 2.05) is 0 Å². The van der Waals surface area contributed by atoms with Crippen LogP contribution in [0.2, 0.25) is 0 Å². The number of hydrogen-bond donors (Lipinski definition) is 1. The van der Waals surface area contributed by atoms with Crippen molar-refractivity contribution in [3.63, 3.8) is 0 Å². The lowest BCUT2D eigenvalue weighted by Gasteiger charge is -2.17. The van der Waals surface area contributed by atoms with Crippen molar-refractivity contribution in [3.05, 3.63) is 64.7 Å². The third kappa shape index (κ3) is 3.16. The minimum absolute atomic E-state index is 0.0579. The number of rotatable bonds is 4. The van der Waals surface area contributed by atoms with Gasteiger partial charge in [-0.05, 0) is 43.2 Å². The van der Waals surface area contributed by atoms with Gasteiger partial charge in [-0.2, -0.15) is 0 Å². The molecule has 0 bridgehead atoms. The molecule has 2 aliphatic heterocycles. The zero-order valence-corrected chi connectivity index (χ0v) is 14.7. The van der Waals surface area contributed by atoms with Crippen molar-refractivity contribution in [1.29, 1.82) is 0 Å². The summed E-state index contributed by atoms with van der Waals surface area (Å²) in [6.45, 7) is 0.775. The second-order valence-electron chi connectivity index (χ2n) is 6.67. The number of fused-ring (bicyclic) bond motifs is 1. The molecule has 0 spiro atoms. The van der Waals surface area contributed by atoms with Crippen molar-refractivity contribution >= 4 is 23.4 Å². The van der Waals surface area contributed by atoms with Crippen LogP contribution in [0.25, 0.3) is 0 Å². The predicted octanol–water partition coefficient (Wildman–Crippen LogP) is 2.99. The fourth-order valence-corrected chi connectivity index (χ4v) is 3.38. The molecule has 8 heteroatoms. The minimum Gasteiger partial charge on any atom is -0.376 e. The zero-order valence-electron chi connectivity index (χ0n) is 14.7. The van der Waals surface area contributed by atoms with Gasteiger partial charge in [-0.15, -0.1) is 0 Å². The Labute approximate surface area is 159 Å². The van der Waals surface area contributed by atoms with Crippen LogP contribution in [-0.2, 0) is 4.74 Å². The van der Waals surface area contributed by atoms with Gasteiger partial charge in [-0.1, -0.05) is 6.07 Å². The van der Waals surface area contributed by atoms with Crippen molar-refractivity contribution in [2.45, 2.75) is 18.9 Å². The number of nitrogens with zero attached hydrogens (tertiary/aromatic N) is 1. The van der Waals surface area contributed by atoms with Crippen LogP contribution in [0.15, 0.2) is 36.4 Å². The number of imide groups is 1. The molecule has 1 N–H and O–H groups in total. The Morgan fingerprint density at radius 1 is 1.14 bits per heavy atom. The Bertz CT molecular complexity index is 986. The number of hydrogen-bond acceptors (Lipinski definition) is 4.